The lowest BCUT2D eigenvalue weighted by molar-refractivity contribution is 0.0360. The molecule has 3 aromatic rings. The maximum absolute atomic E-state index is 14.6. The number of anilines is 1. The van der Waals surface area contributed by atoms with Crippen LogP contribution in [0.1, 0.15) is 42.5 Å². The van der Waals surface area contributed by atoms with Crippen LogP contribution in [0, 0.1) is 17.1 Å². The molecule has 9 nitrogen and oxygen atoms in total. The van der Waals surface area contributed by atoms with E-state index in [2.05, 4.69) is 39.5 Å². The van der Waals surface area contributed by atoms with Crippen molar-refractivity contribution in [3.63, 3.8) is 0 Å². The van der Waals surface area contributed by atoms with E-state index in [1.165, 1.54) is 10.1 Å². The normalized spacial score (nSPS) is 21.1. The molecule has 0 saturated heterocycles. The van der Waals surface area contributed by atoms with E-state index in [0.717, 1.165) is 24.0 Å². The summed E-state index contributed by atoms with van der Waals surface area (Å²) in [5.74, 6) is -0.450. The summed E-state index contributed by atoms with van der Waals surface area (Å²) in [7, 11) is 0. The Morgan fingerprint density at radius 1 is 1.22 bits per heavy atom. The summed E-state index contributed by atoms with van der Waals surface area (Å²) in [5, 5.41) is 37.6. The van der Waals surface area contributed by atoms with Crippen LogP contribution in [0.25, 0.3) is 5.52 Å². The lowest BCUT2D eigenvalue weighted by Gasteiger charge is -2.38. The fraction of sp³-hybridized carbons (Fsp3) is 0.500. The molecule has 5 rings (SSSR count). The molecule has 0 aliphatic carbocycles. The highest BCUT2D eigenvalue weighted by Gasteiger charge is 2.36. The largest absolute Gasteiger partial charge is 0.395 e. The Bertz CT molecular complexity index is 1210. The molecule has 0 fully saturated rings. The zero-order valence-corrected chi connectivity index (χ0v) is 18.1. The Labute approximate surface area is 184 Å². The highest BCUT2D eigenvalue weighted by molar-refractivity contribution is 5.75. The Balaban J connectivity index is 1.53. The van der Waals surface area contributed by atoms with Gasteiger partial charge in [-0.15, -0.1) is 0 Å². The molecule has 2 aliphatic heterocycles. The van der Waals surface area contributed by atoms with Gasteiger partial charge in [0.1, 0.15) is 17.3 Å². The molecule has 0 saturated carbocycles. The van der Waals surface area contributed by atoms with Gasteiger partial charge in [-0.25, -0.2) is 8.91 Å². The molecule has 0 radical (unpaired) electrons. The molecule has 32 heavy (non-hydrogen) atoms. The average molecular weight is 439 g/mol. The Morgan fingerprint density at radius 3 is 2.72 bits per heavy atom. The van der Waals surface area contributed by atoms with Gasteiger partial charge in [0.15, 0.2) is 5.82 Å². The second kappa shape index (κ2) is 7.85. The summed E-state index contributed by atoms with van der Waals surface area (Å²) in [6.45, 7) is 5.80. The smallest absolute Gasteiger partial charge is 0.171 e. The van der Waals surface area contributed by atoms with Crippen LogP contribution in [-0.4, -0.2) is 66.3 Å². The molecule has 3 aromatic heterocycles. The third kappa shape index (κ3) is 3.08. The van der Waals surface area contributed by atoms with Crippen molar-refractivity contribution in [3.05, 3.63) is 46.8 Å². The Kier molecular flexibility index (Phi) is 5.12. The highest BCUT2D eigenvalue weighted by Crippen LogP contribution is 2.35. The summed E-state index contributed by atoms with van der Waals surface area (Å²) in [6, 6.07) is 5.45. The minimum absolute atomic E-state index is 0.0706. The van der Waals surface area contributed by atoms with Crippen molar-refractivity contribution in [1.29, 1.82) is 5.26 Å². The second-order valence-electron chi connectivity index (χ2n) is 8.76. The third-order valence-corrected chi connectivity index (χ3v) is 6.78. The molecule has 2 aliphatic rings. The van der Waals surface area contributed by atoms with Crippen molar-refractivity contribution >= 4 is 11.2 Å². The van der Waals surface area contributed by atoms with Crippen molar-refractivity contribution in [2.24, 2.45) is 0 Å². The van der Waals surface area contributed by atoms with Gasteiger partial charge in [-0.05, 0) is 32.4 Å². The second-order valence-corrected chi connectivity index (χ2v) is 8.76. The number of pyridine rings is 1. The Morgan fingerprint density at radius 2 is 2.00 bits per heavy atom. The SMILES string of the molecule is C[C@@H]1CN(c2ccc(C#N)n3ncc(F)c23)Cc2c3c(nn21)CN(C(CO)CO)[C@@H](C)C3. The predicted octanol–water partition coefficient (Wildman–Crippen LogP) is 1.22. The molecule has 2 atom stereocenters. The minimum Gasteiger partial charge on any atom is -0.395 e. The number of aliphatic hydroxyl groups excluding tert-OH is 2. The number of nitrogens with zero attached hydrogens (tertiary/aromatic N) is 7. The van der Waals surface area contributed by atoms with E-state index < -0.39 is 5.82 Å². The van der Waals surface area contributed by atoms with Gasteiger partial charge >= 0.3 is 0 Å². The van der Waals surface area contributed by atoms with Gasteiger partial charge < -0.3 is 15.1 Å². The summed E-state index contributed by atoms with van der Waals surface area (Å²) >= 11 is 0. The molecule has 0 amide bonds. The molecular weight excluding hydrogens is 413 g/mol. The number of aliphatic hydroxyl groups is 2. The number of hydrogen-bond donors (Lipinski definition) is 2. The fourth-order valence-corrected chi connectivity index (χ4v) is 5.16. The van der Waals surface area contributed by atoms with E-state index in [1.54, 1.807) is 12.1 Å². The first-order chi connectivity index (χ1) is 15.5. The first-order valence-corrected chi connectivity index (χ1v) is 10.8. The van der Waals surface area contributed by atoms with Crippen molar-refractivity contribution < 1.29 is 14.6 Å². The zero-order chi connectivity index (χ0) is 22.6. The molecule has 0 unspecified atom stereocenters. The van der Waals surface area contributed by atoms with Crippen LogP contribution in [0.15, 0.2) is 18.3 Å². The van der Waals surface area contributed by atoms with Gasteiger partial charge in [0.2, 0.25) is 0 Å². The van der Waals surface area contributed by atoms with Gasteiger partial charge in [-0.3, -0.25) is 9.58 Å². The highest BCUT2D eigenvalue weighted by atomic mass is 19.1. The van der Waals surface area contributed by atoms with Crippen LogP contribution >= 0.6 is 0 Å². The van der Waals surface area contributed by atoms with E-state index in [4.69, 9.17) is 5.10 Å². The zero-order valence-electron chi connectivity index (χ0n) is 18.1. The summed E-state index contributed by atoms with van der Waals surface area (Å²) in [4.78, 5) is 4.24. The van der Waals surface area contributed by atoms with Crippen molar-refractivity contribution in [2.45, 2.75) is 51.5 Å². The van der Waals surface area contributed by atoms with Crippen LogP contribution in [0.2, 0.25) is 0 Å². The van der Waals surface area contributed by atoms with E-state index in [9.17, 15) is 19.9 Å². The third-order valence-electron chi connectivity index (χ3n) is 6.78. The molecule has 0 bridgehead atoms. The summed E-state index contributed by atoms with van der Waals surface area (Å²) in [5.41, 5.74) is 4.58. The molecule has 10 heteroatoms. The monoisotopic (exact) mass is 439 g/mol. The molecule has 0 spiro atoms. The Hall–Kier alpha value is -3.00. The molecule has 0 aromatic carbocycles. The topological polar surface area (TPSA) is 106 Å². The lowest BCUT2D eigenvalue weighted by atomic mass is 9.95. The van der Waals surface area contributed by atoms with Crippen LogP contribution < -0.4 is 4.90 Å². The first kappa shape index (κ1) is 20.9. The van der Waals surface area contributed by atoms with Crippen LogP contribution in [0.3, 0.4) is 0 Å². The quantitative estimate of drug-likeness (QED) is 0.630. The number of halogens is 1. The van der Waals surface area contributed by atoms with E-state index in [-0.39, 0.29) is 37.0 Å². The first-order valence-electron chi connectivity index (χ1n) is 10.8. The number of nitriles is 1. The summed E-state index contributed by atoms with van der Waals surface area (Å²) in [6.07, 6.45) is 1.92. The number of rotatable bonds is 4. The van der Waals surface area contributed by atoms with Crippen LogP contribution in [0.4, 0.5) is 10.1 Å². The fourth-order valence-electron chi connectivity index (χ4n) is 5.16. The maximum atomic E-state index is 14.6. The summed E-state index contributed by atoms with van der Waals surface area (Å²) < 4.78 is 18.1. The van der Waals surface area contributed by atoms with E-state index >= 15 is 0 Å². The van der Waals surface area contributed by atoms with Gasteiger partial charge in [0.05, 0.1) is 55.1 Å². The van der Waals surface area contributed by atoms with Gasteiger partial charge in [0.25, 0.3) is 0 Å². The van der Waals surface area contributed by atoms with Gasteiger partial charge in [0, 0.05) is 24.7 Å². The van der Waals surface area contributed by atoms with E-state index in [1.807, 2.05) is 0 Å². The van der Waals surface area contributed by atoms with Crippen LogP contribution in [-0.2, 0) is 19.5 Å². The average Bonchev–Trinajstić information content (AvgIpc) is 3.35. The molecular formula is C22H26FN7O2. The minimum atomic E-state index is -0.450. The van der Waals surface area contributed by atoms with Crippen molar-refractivity contribution in [3.8, 4) is 6.07 Å². The van der Waals surface area contributed by atoms with Crippen molar-refractivity contribution in [1.82, 2.24) is 24.3 Å². The van der Waals surface area contributed by atoms with Gasteiger partial charge in [-0.1, -0.05) is 0 Å². The molecule has 168 valence electrons. The van der Waals surface area contributed by atoms with Crippen LogP contribution in [0.5, 0.6) is 0 Å². The predicted molar refractivity (Wildman–Crippen MR) is 115 cm³/mol. The lowest BCUT2D eigenvalue weighted by Crippen LogP contribution is -2.48. The number of aromatic nitrogens is 4. The molecule has 5 heterocycles. The number of fused-ring (bicyclic) bond motifs is 4. The van der Waals surface area contributed by atoms with Gasteiger partial charge in [-0.2, -0.15) is 15.5 Å². The number of hydrogen-bond acceptors (Lipinski definition) is 7. The maximum Gasteiger partial charge on any atom is 0.171 e. The molecule has 2 N–H and O–H groups in total. The van der Waals surface area contributed by atoms with E-state index in [0.29, 0.717) is 30.8 Å². The van der Waals surface area contributed by atoms with Crippen molar-refractivity contribution in [2.75, 3.05) is 24.7 Å². The standard InChI is InChI=1S/C22H26FN7O2/c1-13-5-17-19(9-28(13)16(11-31)12-32)26-29-14(2)8-27(10-21(17)29)20-4-3-15(6-24)30-22(20)18(23)7-25-30/h3-4,7,13-14,16,31-32H,5,8-12H2,1-2H3/t13-,14+/m0/s1.